The van der Waals surface area contributed by atoms with Crippen LogP contribution in [0.3, 0.4) is 0 Å². The quantitative estimate of drug-likeness (QED) is 0.740. The van der Waals surface area contributed by atoms with E-state index < -0.39 is 35.8 Å². The van der Waals surface area contributed by atoms with Gasteiger partial charge in [0.05, 0.1) is 11.1 Å². The molecule has 2 rings (SSSR count). The van der Waals surface area contributed by atoms with Crippen molar-refractivity contribution < 1.29 is 35.5 Å². The molecule has 0 atom stereocenters. The Hall–Kier alpha value is -2.26. The molecular weight excluding hydrogens is 342 g/mol. The van der Waals surface area contributed by atoms with Crippen LogP contribution in [0.5, 0.6) is 5.75 Å². The Morgan fingerprint density at radius 3 is 1.92 bits per heavy atom. The summed E-state index contributed by atoms with van der Waals surface area (Å²) in [7, 11) is 0. The fraction of sp³-hybridized carbons (Fsp3) is 0.429. The molecule has 0 N–H and O–H groups in total. The van der Waals surface area contributed by atoms with E-state index in [0.717, 1.165) is 0 Å². The van der Waals surface area contributed by atoms with Gasteiger partial charge in [0.2, 0.25) is 5.89 Å². The van der Waals surface area contributed by atoms with Crippen LogP contribution in [0.4, 0.5) is 26.3 Å². The zero-order valence-electron chi connectivity index (χ0n) is 12.5. The van der Waals surface area contributed by atoms with E-state index in [1.807, 2.05) is 0 Å². The number of benzene rings is 1. The van der Waals surface area contributed by atoms with Gasteiger partial charge in [-0.15, -0.1) is 10.2 Å². The van der Waals surface area contributed by atoms with Gasteiger partial charge >= 0.3 is 12.4 Å². The number of halogens is 6. The lowest BCUT2D eigenvalue weighted by Crippen LogP contribution is -2.11. The van der Waals surface area contributed by atoms with Crippen molar-refractivity contribution in [2.24, 2.45) is 0 Å². The average Bonchev–Trinajstić information content (AvgIpc) is 2.92. The van der Waals surface area contributed by atoms with Crippen molar-refractivity contribution in [2.75, 3.05) is 0 Å². The molecule has 0 spiro atoms. The third-order valence-electron chi connectivity index (χ3n) is 2.90. The Labute approximate surface area is 132 Å². The second-order valence-electron chi connectivity index (χ2n) is 5.22. The minimum atomic E-state index is -4.94. The van der Waals surface area contributed by atoms with Crippen molar-refractivity contribution in [2.45, 2.75) is 38.7 Å². The highest BCUT2D eigenvalue weighted by Gasteiger charge is 2.37. The highest BCUT2D eigenvalue weighted by molar-refractivity contribution is 5.37. The van der Waals surface area contributed by atoms with Crippen molar-refractivity contribution in [3.8, 4) is 5.75 Å². The fourth-order valence-electron chi connectivity index (χ4n) is 1.71. The van der Waals surface area contributed by atoms with Crippen molar-refractivity contribution in [1.82, 2.24) is 10.2 Å². The fourth-order valence-corrected chi connectivity index (χ4v) is 1.71. The van der Waals surface area contributed by atoms with Gasteiger partial charge in [0.15, 0.2) is 6.61 Å². The van der Waals surface area contributed by atoms with Crippen LogP contribution in [-0.4, -0.2) is 10.2 Å². The van der Waals surface area contributed by atoms with Gasteiger partial charge in [-0.3, -0.25) is 0 Å². The molecule has 2 aromatic rings. The maximum Gasteiger partial charge on any atom is 0.416 e. The first-order valence-corrected chi connectivity index (χ1v) is 6.71. The minimum Gasteiger partial charge on any atom is -0.484 e. The smallest absolute Gasteiger partial charge is 0.416 e. The van der Waals surface area contributed by atoms with Crippen molar-refractivity contribution in [1.29, 1.82) is 0 Å². The molecular formula is C14H12F6N2O2. The standard InChI is InChI=1S/C14H12F6N2O2/c1-7(2)12-22-21-11(24-12)6-23-10-4-8(13(15,16)17)3-9(5-10)14(18,19)20/h3-5,7H,6H2,1-2H3. The zero-order valence-corrected chi connectivity index (χ0v) is 12.5. The van der Waals surface area contributed by atoms with Gasteiger partial charge in [0.1, 0.15) is 5.75 Å². The second kappa shape index (κ2) is 6.33. The maximum absolute atomic E-state index is 12.7. The largest absolute Gasteiger partial charge is 0.484 e. The van der Waals surface area contributed by atoms with Gasteiger partial charge in [0, 0.05) is 5.92 Å². The lowest BCUT2D eigenvalue weighted by Gasteiger charge is -2.14. The van der Waals surface area contributed by atoms with E-state index in [1.165, 1.54) is 0 Å². The first-order valence-electron chi connectivity index (χ1n) is 6.71. The Morgan fingerprint density at radius 1 is 0.958 bits per heavy atom. The van der Waals surface area contributed by atoms with E-state index in [-0.39, 0.29) is 23.8 Å². The van der Waals surface area contributed by atoms with E-state index in [4.69, 9.17) is 9.15 Å². The van der Waals surface area contributed by atoms with Crippen LogP contribution in [0.25, 0.3) is 0 Å². The third-order valence-corrected chi connectivity index (χ3v) is 2.90. The van der Waals surface area contributed by atoms with Crippen LogP contribution in [0.2, 0.25) is 0 Å². The van der Waals surface area contributed by atoms with Crippen LogP contribution >= 0.6 is 0 Å². The Kier molecular flexibility index (Phi) is 4.77. The summed E-state index contributed by atoms with van der Waals surface area (Å²) in [5, 5.41) is 7.29. The van der Waals surface area contributed by atoms with Crippen LogP contribution in [-0.2, 0) is 19.0 Å². The summed E-state index contributed by atoms with van der Waals surface area (Å²) >= 11 is 0. The monoisotopic (exact) mass is 354 g/mol. The van der Waals surface area contributed by atoms with Crippen LogP contribution in [0.15, 0.2) is 22.6 Å². The predicted octanol–water partition coefficient (Wildman–Crippen LogP) is 4.81. The van der Waals surface area contributed by atoms with Gasteiger partial charge in [0.25, 0.3) is 5.89 Å². The summed E-state index contributed by atoms with van der Waals surface area (Å²) in [5.74, 6) is -0.434. The van der Waals surface area contributed by atoms with Crippen LogP contribution in [0.1, 0.15) is 42.7 Å². The molecule has 0 saturated heterocycles. The van der Waals surface area contributed by atoms with Crippen molar-refractivity contribution in [3.63, 3.8) is 0 Å². The van der Waals surface area contributed by atoms with Gasteiger partial charge in [-0.25, -0.2) is 0 Å². The topological polar surface area (TPSA) is 48.2 Å². The first kappa shape index (κ1) is 18.1. The summed E-state index contributed by atoms with van der Waals surface area (Å²) in [6.07, 6.45) is -9.87. The van der Waals surface area contributed by atoms with Gasteiger partial charge < -0.3 is 9.15 Å². The van der Waals surface area contributed by atoms with E-state index >= 15 is 0 Å². The molecule has 132 valence electrons. The summed E-state index contributed by atoms with van der Waals surface area (Å²) in [6.45, 7) is 3.11. The molecule has 10 heteroatoms. The highest BCUT2D eigenvalue weighted by atomic mass is 19.4. The number of hydrogen-bond acceptors (Lipinski definition) is 4. The molecule has 0 unspecified atom stereocenters. The molecule has 1 aromatic heterocycles. The van der Waals surface area contributed by atoms with Gasteiger partial charge in [-0.05, 0) is 18.2 Å². The number of nitrogens with zero attached hydrogens (tertiary/aromatic N) is 2. The Balaban J connectivity index is 2.25. The molecule has 0 radical (unpaired) electrons. The summed E-state index contributed by atoms with van der Waals surface area (Å²) in [4.78, 5) is 0. The second-order valence-corrected chi connectivity index (χ2v) is 5.22. The predicted molar refractivity (Wildman–Crippen MR) is 69.2 cm³/mol. The van der Waals surface area contributed by atoms with E-state index in [2.05, 4.69) is 10.2 Å². The number of aromatic nitrogens is 2. The summed E-state index contributed by atoms with van der Waals surface area (Å²) < 4.78 is 86.5. The molecule has 0 aliphatic rings. The van der Waals surface area contributed by atoms with E-state index in [0.29, 0.717) is 12.1 Å². The van der Waals surface area contributed by atoms with E-state index in [9.17, 15) is 26.3 Å². The summed E-state index contributed by atoms with van der Waals surface area (Å²) in [6, 6.07) is 0.986. The van der Waals surface area contributed by atoms with Gasteiger partial charge in [-0.1, -0.05) is 13.8 Å². The number of ether oxygens (including phenoxy) is 1. The molecule has 0 bridgehead atoms. The summed E-state index contributed by atoms with van der Waals surface area (Å²) in [5.41, 5.74) is -2.92. The molecule has 1 heterocycles. The average molecular weight is 354 g/mol. The van der Waals surface area contributed by atoms with E-state index in [1.54, 1.807) is 13.8 Å². The zero-order chi connectivity index (χ0) is 18.1. The van der Waals surface area contributed by atoms with Crippen LogP contribution < -0.4 is 4.74 Å². The first-order chi connectivity index (χ1) is 11.0. The lowest BCUT2D eigenvalue weighted by molar-refractivity contribution is -0.143. The Morgan fingerprint density at radius 2 is 1.50 bits per heavy atom. The van der Waals surface area contributed by atoms with Crippen molar-refractivity contribution >= 4 is 0 Å². The lowest BCUT2D eigenvalue weighted by atomic mass is 10.1. The molecule has 0 aliphatic carbocycles. The normalized spacial score (nSPS) is 12.7. The Bertz CT molecular complexity index is 674. The molecule has 0 aliphatic heterocycles. The number of hydrogen-bond donors (Lipinski definition) is 0. The molecule has 24 heavy (non-hydrogen) atoms. The van der Waals surface area contributed by atoms with Gasteiger partial charge in [-0.2, -0.15) is 26.3 Å². The molecule has 0 saturated carbocycles. The molecule has 1 aromatic carbocycles. The molecule has 0 fully saturated rings. The molecule has 0 amide bonds. The van der Waals surface area contributed by atoms with Crippen molar-refractivity contribution in [3.05, 3.63) is 41.1 Å². The highest BCUT2D eigenvalue weighted by Crippen LogP contribution is 2.38. The SMILES string of the molecule is CC(C)c1nnc(COc2cc(C(F)(F)F)cc(C(F)(F)F)c2)o1. The van der Waals surface area contributed by atoms with Crippen LogP contribution in [0, 0.1) is 0 Å². The number of rotatable bonds is 4. The number of alkyl halides is 6. The molecule has 4 nitrogen and oxygen atoms in total. The minimum absolute atomic E-state index is 0.0242. The maximum atomic E-state index is 12.7. The third kappa shape index (κ3) is 4.39.